The number of amides is 1. The highest BCUT2D eigenvalue weighted by atomic mass is 16.3. The summed E-state index contributed by atoms with van der Waals surface area (Å²) in [5.74, 6) is -0.626. The molecular formula is C13H18N6O4. The van der Waals surface area contributed by atoms with E-state index in [4.69, 9.17) is 11.5 Å². The topological polar surface area (TPSA) is 163 Å². The number of hydrogen-bond acceptors (Lipinski definition) is 8. The Kier molecular flexibility index (Phi) is 3.68. The predicted molar refractivity (Wildman–Crippen MR) is 79.3 cm³/mol. The second-order valence-corrected chi connectivity index (χ2v) is 5.59. The van der Waals surface area contributed by atoms with Gasteiger partial charge in [-0.2, -0.15) is 5.10 Å². The van der Waals surface area contributed by atoms with Crippen LogP contribution in [0.3, 0.4) is 0 Å². The van der Waals surface area contributed by atoms with Crippen molar-refractivity contribution in [3.05, 3.63) is 23.7 Å². The quantitative estimate of drug-likeness (QED) is 0.413. The van der Waals surface area contributed by atoms with Crippen LogP contribution in [0, 0.1) is 0 Å². The van der Waals surface area contributed by atoms with Crippen LogP contribution >= 0.6 is 0 Å². The van der Waals surface area contributed by atoms with Crippen LogP contribution in [-0.2, 0) is 0 Å². The van der Waals surface area contributed by atoms with Crippen LogP contribution in [0.1, 0.15) is 22.1 Å². The third kappa shape index (κ3) is 2.15. The molecule has 4 atom stereocenters. The number of aromatic nitrogens is 3. The minimum Gasteiger partial charge on any atom is -0.395 e. The van der Waals surface area contributed by atoms with Gasteiger partial charge in [0.15, 0.2) is 5.82 Å². The fraction of sp³-hybridized carbons (Fsp3) is 0.462. The molecule has 0 radical (unpaired) electrons. The van der Waals surface area contributed by atoms with Gasteiger partial charge in [0, 0.05) is 0 Å². The standard InChI is InChI=1S/C13H18N6O4/c1-18-7(3-20)10(21)11(22)9(18)6-2-5(13(15)23)8-12(14)16-4-17-19(6)8/h2,4,7,9-11,20-22H,3H2,1H3,(H2,15,23)(H2,14,16,17)/t7-,9+,10-,11+/m1/s1. The van der Waals surface area contributed by atoms with E-state index >= 15 is 0 Å². The monoisotopic (exact) mass is 322 g/mol. The van der Waals surface area contributed by atoms with Gasteiger partial charge in [0.25, 0.3) is 5.91 Å². The number of hydrogen-bond donors (Lipinski definition) is 5. The maximum atomic E-state index is 11.7. The first-order valence-electron chi connectivity index (χ1n) is 6.99. The van der Waals surface area contributed by atoms with E-state index in [1.807, 2.05) is 0 Å². The maximum absolute atomic E-state index is 11.7. The first kappa shape index (κ1) is 15.6. The molecule has 0 bridgehead atoms. The van der Waals surface area contributed by atoms with E-state index in [1.165, 1.54) is 16.9 Å². The van der Waals surface area contributed by atoms with E-state index in [0.717, 1.165) is 0 Å². The largest absolute Gasteiger partial charge is 0.395 e. The predicted octanol–water partition coefficient (Wildman–Crippen LogP) is -2.52. The van der Waals surface area contributed by atoms with Crippen molar-refractivity contribution in [2.45, 2.75) is 24.3 Å². The smallest absolute Gasteiger partial charge is 0.251 e. The van der Waals surface area contributed by atoms with Gasteiger partial charge >= 0.3 is 0 Å². The van der Waals surface area contributed by atoms with Gasteiger partial charge in [-0.05, 0) is 13.1 Å². The highest BCUT2D eigenvalue weighted by molar-refractivity contribution is 6.02. The molecule has 10 heteroatoms. The Bertz CT molecular complexity index is 762. The van der Waals surface area contributed by atoms with Crippen LogP contribution in [0.2, 0.25) is 0 Å². The minimum absolute atomic E-state index is 0.0782. The molecule has 0 aliphatic carbocycles. The molecule has 0 aromatic carbocycles. The Hall–Kier alpha value is -2.27. The van der Waals surface area contributed by atoms with Crippen LogP contribution in [0.5, 0.6) is 0 Å². The molecule has 0 spiro atoms. The van der Waals surface area contributed by atoms with Gasteiger partial charge in [0.05, 0.1) is 36.1 Å². The van der Waals surface area contributed by atoms with E-state index in [9.17, 15) is 20.1 Å². The van der Waals surface area contributed by atoms with Crippen molar-refractivity contribution >= 4 is 17.2 Å². The zero-order chi connectivity index (χ0) is 16.9. The van der Waals surface area contributed by atoms with Gasteiger partial charge in [-0.3, -0.25) is 9.69 Å². The number of aliphatic hydroxyl groups is 3. The summed E-state index contributed by atoms with van der Waals surface area (Å²) in [4.78, 5) is 17.1. The summed E-state index contributed by atoms with van der Waals surface area (Å²) in [7, 11) is 1.65. The van der Waals surface area contributed by atoms with Crippen LogP contribution in [0.25, 0.3) is 5.52 Å². The number of aliphatic hydroxyl groups excluding tert-OH is 3. The van der Waals surface area contributed by atoms with Crippen molar-refractivity contribution in [2.75, 3.05) is 19.4 Å². The molecule has 2 aromatic heterocycles. The first-order valence-corrected chi connectivity index (χ1v) is 6.99. The summed E-state index contributed by atoms with van der Waals surface area (Å²) >= 11 is 0. The lowest BCUT2D eigenvalue weighted by Gasteiger charge is -2.24. The van der Waals surface area contributed by atoms with Gasteiger partial charge in [0.1, 0.15) is 17.9 Å². The number of carbonyl (C=O) groups excluding carboxylic acids is 1. The Labute approximate surface area is 130 Å². The molecule has 1 aliphatic rings. The molecule has 124 valence electrons. The summed E-state index contributed by atoms with van der Waals surface area (Å²) in [6, 6.07) is 0.133. The number of rotatable bonds is 3. The third-order valence-electron chi connectivity index (χ3n) is 4.40. The number of primary amides is 1. The fourth-order valence-electron chi connectivity index (χ4n) is 3.21. The number of nitrogens with zero attached hydrogens (tertiary/aromatic N) is 4. The summed E-state index contributed by atoms with van der Waals surface area (Å²) < 4.78 is 1.37. The molecule has 1 amide bonds. The Morgan fingerprint density at radius 2 is 2.09 bits per heavy atom. The number of likely N-dealkylation sites (tertiary alicyclic amines) is 1. The van der Waals surface area contributed by atoms with Crippen molar-refractivity contribution in [3.8, 4) is 0 Å². The molecular weight excluding hydrogens is 304 g/mol. The number of fused-ring (bicyclic) bond motifs is 1. The Morgan fingerprint density at radius 3 is 2.65 bits per heavy atom. The van der Waals surface area contributed by atoms with Crippen LogP contribution in [0.4, 0.5) is 5.82 Å². The van der Waals surface area contributed by atoms with Crippen molar-refractivity contribution in [2.24, 2.45) is 5.73 Å². The molecule has 1 fully saturated rings. The molecule has 23 heavy (non-hydrogen) atoms. The molecule has 3 heterocycles. The van der Waals surface area contributed by atoms with Crippen molar-refractivity contribution in [1.29, 1.82) is 0 Å². The first-order chi connectivity index (χ1) is 10.9. The highest BCUT2D eigenvalue weighted by Gasteiger charge is 2.47. The van der Waals surface area contributed by atoms with Gasteiger partial charge in [-0.25, -0.2) is 9.50 Å². The molecule has 7 N–H and O–H groups in total. The lowest BCUT2D eigenvalue weighted by atomic mass is 10.1. The average Bonchev–Trinajstić information content (AvgIpc) is 2.97. The molecule has 3 rings (SSSR count). The van der Waals surface area contributed by atoms with Crippen LogP contribution < -0.4 is 11.5 Å². The van der Waals surface area contributed by atoms with Crippen LogP contribution in [0.15, 0.2) is 12.4 Å². The average molecular weight is 322 g/mol. The van der Waals surface area contributed by atoms with E-state index in [0.29, 0.717) is 5.69 Å². The number of carbonyl (C=O) groups is 1. The fourth-order valence-corrected chi connectivity index (χ4v) is 3.21. The molecule has 0 unspecified atom stereocenters. The number of likely N-dealkylation sites (N-methyl/N-ethyl adjacent to an activating group) is 1. The number of nitrogen functional groups attached to an aromatic ring is 1. The summed E-state index contributed by atoms with van der Waals surface area (Å²) in [5, 5.41) is 33.9. The number of anilines is 1. The molecule has 10 nitrogen and oxygen atoms in total. The maximum Gasteiger partial charge on any atom is 0.251 e. The zero-order valence-electron chi connectivity index (χ0n) is 12.4. The van der Waals surface area contributed by atoms with E-state index in [2.05, 4.69) is 10.1 Å². The zero-order valence-corrected chi connectivity index (χ0v) is 12.4. The number of nitrogens with two attached hydrogens (primary N) is 2. The lowest BCUT2D eigenvalue weighted by Crippen LogP contribution is -2.37. The van der Waals surface area contributed by atoms with Crippen molar-refractivity contribution in [1.82, 2.24) is 19.5 Å². The molecule has 1 saturated heterocycles. The molecule has 2 aromatic rings. The SMILES string of the molecule is CN1[C@H](CO)[C@@H](O)[C@@H](O)[C@@H]1c1cc(C(N)=O)c2c(N)ncnn12. The Morgan fingerprint density at radius 1 is 1.39 bits per heavy atom. The lowest BCUT2D eigenvalue weighted by molar-refractivity contribution is 0.0180. The summed E-state index contributed by atoms with van der Waals surface area (Å²) in [6.07, 6.45) is -1.10. The minimum atomic E-state index is -1.17. The van der Waals surface area contributed by atoms with Crippen molar-refractivity contribution < 1.29 is 20.1 Å². The summed E-state index contributed by atoms with van der Waals surface area (Å²) in [6.45, 7) is -0.325. The second-order valence-electron chi connectivity index (χ2n) is 5.59. The molecule has 0 saturated carbocycles. The van der Waals surface area contributed by atoms with Gasteiger partial charge in [0.2, 0.25) is 0 Å². The van der Waals surface area contributed by atoms with Gasteiger partial charge in [-0.1, -0.05) is 0 Å². The van der Waals surface area contributed by atoms with Crippen molar-refractivity contribution in [3.63, 3.8) is 0 Å². The molecule has 1 aliphatic heterocycles. The normalized spacial score (nSPS) is 28.5. The van der Waals surface area contributed by atoms with Crippen LogP contribution in [-0.4, -0.2) is 72.6 Å². The van der Waals surface area contributed by atoms with Gasteiger partial charge < -0.3 is 26.8 Å². The van der Waals surface area contributed by atoms with E-state index in [-0.39, 0.29) is 23.5 Å². The second kappa shape index (κ2) is 5.42. The third-order valence-corrected chi connectivity index (χ3v) is 4.40. The van der Waals surface area contributed by atoms with Gasteiger partial charge in [-0.15, -0.1) is 0 Å². The van der Waals surface area contributed by atoms with E-state index in [1.54, 1.807) is 11.9 Å². The Balaban J connectivity index is 2.21. The highest BCUT2D eigenvalue weighted by Crippen LogP contribution is 2.37. The summed E-state index contributed by atoms with van der Waals surface area (Å²) in [5.41, 5.74) is 12.0. The van der Waals surface area contributed by atoms with E-state index < -0.39 is 30.2 Å².